The van der Waals surface area contributed by atoms with E-state index in [4.69, 9.17) is 9.47 Å². The molecule has 7 nitrogen and oxygen atoms in total. The molecule has 2 N–H and O–H groups in total. The molecule has 0 saturated heterocycles. The van der Waals surface area contributed by atoms with E-state index < -0.39 is 24.0 Å². The highest BCUT2D eigenvalue weighted by atomic mass is 16.6. The van der Waals surface area contributed by atoms with E-state index in [1.807, 2.05) is 66.7 Å². The van der Waals surface area contributed by atoms with Crippen LogP contribution < -0.4 is 10.6 Å². The van der Waals surface area contributed by atoms with E-state index in [1.54, 1.807) is 0 Å². The second kappa shape index (κ2) is 10.7. The third-order valence-corrected chi connectivity index (χ3v) is 5.76. The predicted octanol–water partition coefficient (Wildman–Crippen LogP) is 3.77. The molecule has 0 spiro atoms. The van der Waals surface area contributed by atoms with Gasteiger partial charge in [-0.3, -0.25) is 9.59 Å². The van der Waals surface area contributed by atoms with E-state index in [-0.39, 0.29) is 25.7 Å². The predicted molar refractivity (Wildman–Crippen MR) is 127 cm³/mol. The third kappa shape index (κ3) is 5.43. The number of amides is 2. The van der Waals surface area contributed by atoms with Crippen LogP contribution in [-0.4, -0.2) is 37.3 Å². The number of ether oxygens (including phenoxy) is 2. The summed E-state index contributed by atoms with van der Waals surface area (Å²) in [6.07, 6.45) is -0.429. The number of alkyl carbamates (subject to hydrolysis) is 1. The summed E-state index contributed by atoms with van der Waals surface area (Å²) in [5, 5.41) is 5.17. The highest BCUT2D eigenvalue weighted by molar-refractivity contribution is 5.86. The lowest BCUT2D eigenvalue weighted by Crippen LogP contribution is -2.48. The van der Waals surface area contributed by atoms with Crippen molar-refractivity contribution in [3.05, 3.63) is 95.6 Å². The quantitative estimate of drug-likeness (QED) is 0.396. The number of benzene rings is 3. The van der Waals surface area contributed by atoms with Gasteiger partial charge in [-0.25, -0.2) is 4.79 Å². The van der Waals surface area contributed by atoms with Gasteiger partial charge in [0.25, 0.3) is 0 Å². The van der Waals surface area contributed by atoms with Gasteiger partial charge < -0.3 is 20.1 Å². The Morgan fingerprint density at radius 2 is 1.41 bits per heavy atom. The minimum Gasteiger partial charge on any atom is -0.449 e. The SMILES string of the molecule is CC(=O)OCNC(=O)[C@@H](Cc1ccccc1)NC(=O)OCC1c2ccccc2-c2ccccc21. The molecule has 3 aromatic carbocycles. The molecule has 1 aliphatic rings. The smallest absolute Gasteiger partial charge is 0.407 e. The van der Waals surface area contributed by atoms with Crippen LogP contribution in [0.25, 0.3) is 11.1 Å². The standard InChI is InChI=1S/C27H26N2O5/c1-18(30)34-17-28-26(31)25(15-19-9-3-2-4-10-19)29-27(32)33-16-24-22-13-7-5-11-20(22)21-12-6-8-14-23(21)24/h2-14,24-25H,15-17H2,1H3,(H,28,31)(H,29,32)/t25-/m1/s1. The van der Waals surface area contributed by atoms with Crippen molar-refractivity contribution in [3.8, 4) is 11.1 Å². The van der Waals surface area contributed by atoms with Crippen LogP contribution in [0, 0.1) is 0 Å². The highest BCUT2D eigenvalue weighted by Crippen LogP contribution is 2.44. The molecular weight excluding hydrogens is 432 g/mol. The monoisotopic (exact) mass is 458 g/mol. The lowest BCUT2D eigenvalue weighted by molar-refractivity contribution is -0.143. The summed E-state index contributed by atoms with van der Waals surface area (Å²) in [7, 11) is 0. The summed E-state index contributed by atoms with van der Waals surface area (Å²) >= 11 is 0. The molecular formula is C27H26N2O5. The Balaban J connectivity index is 1.42. The Morgan fingerprint density at radius 1 is 0.824 bits per heavy atom. The van der Waals surface area contributed by atoms with E-state index >= 15 is 0 Å². The van der Waals surface area contributed by atoms with E-state index in [2.05, 4.69) is 22.8 Å². The number of rotatable bonds is 8. The molecule has 1 atom stereocenters. The number of fused-ring (bicyclic) bond motifs is 3. The summed E-state index contributed by atoms with van der Waals surface area (Å²) in [5.74, 6) is -1.06. The Hall–Kier alpha value is -4.13. The highest BCUT2D eigenvalue weighted by Gasteiger charge is 2.29. The summed E-state index contributed by atoms with van der Waals surface area (Å²) in [6.45, 7) is 1.13. The maximum absolute atomic E-state index is 12.7. The maximum Gasteiger partial charge on any atom is 0.407 e. The number of carbonyl (C=O) groups excluding carboxylic acids is 3. The first-order valence-corrected chi connectivity index (χ1v) is 11.1. The Bertz CT molecular complexity index is 1130. The van der Waals surface area contributed by atoms with Gasteiger partial charge in [0.15, 0.2) is 6.73 Å². The van der Waals surface area contributed by atoms with Gasteiger partial charge >= 0.3 is 12.1 Å². The summed E-state index contributed by atoms with van der Waals surface area (Å²) in [5.41, 5.74) is 5.36. The fraction of sp³-hybridized carbons (Fsp3) is 0.222. The molecule has 0 radical (unpaired) electrons. The van der Waals surface area contributed by atoms with Crippen LogP contribution in [0.3, 0.4) is 0 Å². The molecule has 34 heavy (non-hydrogen) atoms. The molecule has 7 heteroatoms. The number of nitrogens with one attached hydrogen (secondary N) is 2. The molecule has 0 aromatic heterocycles. The average molecular weight is 459 g/mol. The fourth-order valence-corrected chi connectivity index (χ4v) is 4.17. The van der Waals surface area contributed by atoms with Crippen molar-refractivity contribution in [3.63, 3.8) is 0 Å². The van der Waals surface area contributed by atoms with E-state index in [0.29, 0.717) is 0 Å². The van der Waals surface area contributed by atoms with E-state index in [0.717, 1.165) is 27.8 Å². The van der Waals surface area contributed by atoms with Gasteiger partial charge in [-0.1, -0.05) is 78.9 Å². The molecule has 0 fully saturated rings. The maximum atomic E-state index is 12.7. The van der Waals surface area contributed by atoms with Gasteiger partial charge in [0, 0.05) is 19.3 Å². The number of hydrogen-bond acceptors (Lipinski definition) is 5. The molecule has 0 saturated carbocycles. The first-order valence-electron chi connectivity index (χ1n) is 11.1. The van der Waals surface area contributed by atoms with E-state index in [1.165, 1.54) is 6.92 Å². The van der Waals surface area contributed by atoms with Gasteiger partial charge in [-0.2, -0.15) is 0 Å². The summed E-state index contributed by atoms with van der Waals surface area (Å²) in [4.78, 5) is 36.4. The zero-order chi connectivity index (χ0) is 23.9. The zero-order valence-corrected chi connectivity index (χ0v) is 18.8. The number of hydrogen-bond donors (Lipinski definition) is 2. The summed E-state index contributed by atoms with van der Waals surface area (Å²) in [6, 6.07) is 24.6. The molecule has 0 unspecified atom stereocenters. The van der Waals surface area contributed by atoms with Crippen LogP contribution in [0.1, 0.15) is 29.5 Å². The van der Waals surface area contributed by atoms with Crippen LogP contribution in [0.2, 0.25) is 0 Å². The van der Waals surface area contributed by atoms with Crippen molar-refractivity contribution in [2.24, 2.45) is 0 Å². The van der Waals surface area contributed by atoms with Crippen LogP contribution in [-0.2, 0) is 25.5 Å². The van der Waals surface area contributed by atoms with Crippen LogP contribution in [0.4, 0.5) is 4.79 Å². The second-order valence-electron chi connectivity index (χ2n) is 8.03. The Morgan fingerprint density at radius 3 is 2.03 bits per heavy atom. The Kier molecular flexibility index (Phi) is 7.22. The first-order chi connectivity index (χ1) is 16.5. The fourth-order valence-electron chi connectivity index (χ4n) is 4.17. The molecule has 2 amide bonds. The zero-order valence-electron chi connectivity index (χ0n) is 18.8. The van der Waals surface area contributed by atoms with Gasteiger partial charge in [-0.05, 0) is 27.8 Å². The molecule has 4 rings (SSSR count). The van der Waals surface area contributed by atoms with Gasteiger partial charge in [-0.15, -0.1) is 0 Å². The molecule has 0 heterocycles. The Labute approximate surface area is 198 Å². The largest absolute Gasteiger partial charge is 0.449 e. The van der Waals surface area contributed by atoms with Gasteiger partial charge in [0.1, 0.15) is 12.6 Å². The van der Waals surface area contributed by atoms with E-state index in [9.17, 15) is 14.4 Å². The lowest BCUT2D eigenvalue weighted by Gasteiger charge is -2.20. The van der Waals surface area contributed by atoms with Gasteiger partial charge in [0.2, 0.25) is 5.91 Å². The molecule has 174 valence electrons. The number of esters is 1. The lowest BCUT2D eigenvalue weighted by atomic mass is 9.98. The molecule has 1 aliphatic carbocycles. The molecule has 3 aromatic rings. The first kappa shape index (κ1) is 23.0. The van der Waals surface area contributed by atoms with Crippen molar-refractivity contribution in [2.75, 3.05) is 13.3 Å². The van der Waals surface area contributed by atoms with Crippen molar-refractivity contribution in [1.29, 1.82) is 0 Å². The van der Waals surface area contributed by atoms with Crippen molar-refractivity contribution in [2.45, 2.75) is 25.3 Å². The van der Waals surface area contributed by atoms with Crippen molar-refractivity contribution in [1.82, 2.24) is 10.6 Å². The second-order valence-corrected chi connectivity index (χ2v) is 8.03. The van der Waals surface area contributed by atoms with Crippen LogP contribution >= 0.6 is 0 Å². The van der Waals surface area contributed by atoms with Crippen LogP contribution in [0.15, 0.2) is 78.9 Å². The summed E-state index contributed by atoms with van der Waals surface area (Å²) < 4.78 is 10.4. The van der Waals surface area contributed by atoms with Crippen LogP contribution in [0.5, 0.6) is 0 Å². The van der Waals surface area contributed by atoms with Crippen molar-refractivity contribution >= 4 is 18.0 Å². The number of carbonyl (C=O) groups is 3. The average Bonchev–Trinajstić information content (AvgIpc) is 3.16. The molecule has 0 aliphatic heterocycles. The molecule has 0 bridgehead atoms. The third-order valence-electron chi connectivity index (χ3n) is 5.76. The van der Waals surface area contributed by atoms with Crippen molar-refractivity contribution < 1.29 is 23.9 Å². The van der Waals surface area contributed by atoms with Gasteiger partial charge in [0.05, 0.1) is 0 Å². The normalized spacial score (nSPS) is 12.7. The minimum absolute atomic E-state index is 0.0801. The topological polar surface area (TPSA) is 93.7 Å². The minimum atomic E-state index is -0.895.